The van der Waals surface area contributed by atoms with Gasteiger partial charge in [-0.05, 0) is 44.5 Å². The summed E-state index contributed by atoms with van der Waals surface area (Å²) in [5.74, 6) is -10.9. The molecule has 0 spiro atoms. The Kier molecular flexibility index (Phi) is 5.80. The van der Waals surface area contributed by atoms with Gasteiger partial charge in [0.25, 0.3) is 0 Å². The number of aromatic nitrogens is 1. The second kappa shape index (κ2) is 8.57. The quantitative estimate of drug-likeness (QED) is 0.442. The van der Waals surface area contributed by atoms with Gasteiger partial charge in [0, 0.05) is 25.7 Å². The molecule has 2 unspecified atom stereocenters. The second-order valence-corrected chi connectivity index (χ2v) is 10.7. The van der Waals surface area contributed by atoms with Crippen LogP contribution in [0.3, 0.4) is 0 Å². The third-order valence-corrected chi connectivity index (χ3v) is 8.18. The summed E-state index contributed by atoms with van der Waals surface area (Å²) in [5, 5.41) is 22.9. The van der Waals surface area contributed by atoms with Crippen molar-refractivity contribution in [1.82, 2.24) is 9.88 Å². The predicted molar refractivity (Wildman–Crippen MR) is 131 cm³/mol. The number of hydrogen-bond acceptors (Lipinski definition) is 11. The molecule has 4 N–H and O–H groups in total. The van der Waals surface area contributed by atoms with Crippen molar-refractivity contribution in [2.24, 2.45) is 29.4 Å². The highest BCUT2D eigenvalue weighted by atomic mass is 16.3. The van der Waals surface area contributed by atoms with Gasteiger partial charge in [0.1, 0.15) is 12.0 Å². The van der Waals surface area contributed by atoms with E-state index in [1.165, 1.54) is 17.4 Å². The van der Waals surface area contributed by atoms with Gasteiger partial charge in [-0.25, -0.2) is 4.98 Å². The molecule has 1 amide bonds. The van der Waals surface area contributed by atoms with Crippen LogP contribution < -0.4 is 10.6 Å². The molecule has 5 rings (SSSR count). The SMILES string of the molecule is CN(C)c1cc(-c2ncco2)c(O)c2c1C[C@H]1C[C@H]3[C@H](N(C)C)C(=O)C(C(N)=O)C(=O)[C@@]3(O)C(=O)C1C2=O. The number of rotatable bonds is 4. The van der Waals surface area contributed by atoms with E-state index in [4.69, 9.17) is 10.2 Å². The molecule has 6 atom stereocenters. The van der Waals surface area contributed by atoms with Crippen molar-refractivity contribution in [2.75, 3.05) is 33.1 Å². The lowest BCUT2D eigenvalue weighted by atomic mass is 9.52. The summed E-state index contributed by atoms with van der Waals surface area (Å²) in [5.41, 5.74) is 3.70. The topological polar surface area (TPSA) is 184 Å². The Labute approximate surface area is 217 Å². The number of oxazole rings is 1. The highest BCUT2D eigenvalue weighted by Gasteiger charge is 2.69. The van der Waals surface area contributed by atoms with Gasteiger partial charge in [-0.1, -0.05) is 0 Å². The first-order chi connectivity index (χ1) is 17.8. The summed E-state index contributed by atoms with van der Waals surface area (Å²) in [7, 11) is 6.61. The Bertz CT molecular complexity index is 1400. The van der Waals surface area contributed by atoms with Crippen molar-refractivity contribution < 1.29 is 38.6 Å². The molecule has 2 saturated carbocycles. The van der Waals surface area contributed by atoms with E-state index in [0.29, 0.717) is 11.3 Å². The number of carbonyl (C=O) groups excluding carboxylic acids is 5. The van der Waals surface area contributed by atoms with E-state index in [1.807, 2.05) is 0 Å². The highest BCUT2D eigenvalue weighted by molar-refractivity contribution is 6.32. The zero-order valence-electron chi connectivity index (χ0n) is 21.3. The van der Waals surface area contributed by atoms with Crippen LogP contribution in [0.1, 0.15) is 22.3 Å². The van der Waals surface area contributed by atoms with E-state index >= 15 is 0 Å². The minimum Gasteiger partial charge on any atom is -0.506 e. The molecule has 3 aliphatic rings. The molecule has 2 fully saturated rings. The number of anilines is 1. The molecule has 12 heteroatoms. The number of phenols is 1. The number of carbonyl (C=O) groups is 5. The largest absolute Gasteiger partial charge is 0.506 e. The molecule has 12 nitrogen and oxygen atoms in total. The third kappa shape index (κ3) is 3.29. The molecule has 0 bridgehead atoms. The lowest BCUT2D eigenvalue weighted by Gasteiger charge is -2.52. The first kappa shape index (κ1) is 25.7. The van der Waals surface area contributed by atoms with E-state index in [2.05, 4.69) is 4.98 Å². The fourth-order valence-corrected chi connectivity index (χ4v) is 6.57. The standard InChI is InChI=1S/C26H28N4O8/c1-29(2)14-9-12(25-28-5-6-38-25)19(31)16-11(14)7-10-8-13-18(30(3)4)21(33)17(24(27)36)23(35)26(13,37)22(34)15(10)20(16)32/h5-6,9-10,13,15,17-18,31,37H,7-8H2,1-4H3,(H2,27,36)/t10-,13-,15?,17?,18-,26-/m0/s1. The molecular weight excluding hydrogens is 496 g/mol. The zero-order chi connectivity index (χ0) is 27.8. The Hall–Kier alpha value is -3.90. The van der Waals surface area contributed by atoms with Gasteiger partial charge < -0.3 is 25.3 Å². The number of hydrogen-bond donors (Lipinski definition) is 3. The van der Waals surface area contributed by atoms with Crippen LogP contribution in [0.15, 0.2) is 22.9 Å². The van der Waals surface area contributed by atoms with E-state index in [1.54, 1.807) is 39.2 Å². The van der Waals surface area contributed by atoms with Gasteiger partial charge in [-0.2, -0.15) is 0 Å². The molecule has 1 aromatic carbocycles. The number of primary amides is 1. The fraction of sp³-hybridized carbons (Fsp3) is 0.462. The van der Waals surface area contributed by atoms with Crippen LogP contribution in [0, 0.1) is 23.7 Å². The fourth-order valence-electron chi connectivity index (χ4n) is 6.57. The summed E-state index contributed by atoms with van der Waals surface area (Å²) in [6, 6.07) is 0.494. The molecule has 2 aromatic rings. The van der Waals surface area contributed by atoms with E-state index in [0.717, 1.165) is 0 Å². The zero-order valence-corrected chi connectivity index (χ0v) is 21.3. The monoisotopic (exact) mass is 524 g/mol. The van der Waals surface area contributed by atoms with Crippen LogP contribution in [-0.2, 0) is 25.6 Å². The second-order valence-electron chi connectivity index (χ2n) is 10.7. The molecule has 200 valence electrons. The maximum atomic E-state index is 14.0. The lowest BCUT2D eigenvalue weighted by Crippen LogP contribution is -2.74. The number of nitrogens with zero attached hydrogens (tertiary/aromatic N) is 3. The molecule has 0 radical (unpaired) electrons. The summed E-state index contributed by atoms with van der Waals surface area (Å²) in [4.78, 5) is 73.8. The summed E-state index contributed by atoms with van der Waals surface area (Å²) >= 11 is 0. The van der Waals surface area contributed by atoms with Crippen LogP contribution in [0.25, 0.3) is 11.5 Å². The highest BCUT2D eigenvalue weighted by Crippen LogP contribution is 2.53. The first-order valence-electron chi connectivity index (χ1n) is 12.1. The molecule has 3 aliphatic carbocycles. The summed E-state index contributed by atoms with van der Waals surface area (Å²) < 4.78 is 5.34. The average molecular weight is 525 g/mol. The maximum absolute atomic E-state index is 14.0. The summed E-state index contributed by atoms with van der Waals surface area (Å²) in [6.45, 7) is 0. The van der Waals surface area contributed by atoms with Crippen LogP contribution >= 0.6 is 0 Å². The van der Waals surface area contributed by atoms with Crippen LogP contribution in [-0.4, -0.2) is 89.0 Å². The van der Waals surface area contributed by atoms with Gasteiger partial charge in [0.2, 0.25) is 11.8 Å². The normalized spacial score (nSPS) is 30.6. The number of amides is 1. The van der Waals surface area contributed by atoms with Crippen LogP contribution in [0.2, 0.25) is 0 Å². The van der Waals surface area contributed by atoms with Crippen molar-refractivity contribution in [3.8, 4) is 17.2 Å². The minimum atomic E-state index is -2.77. The van der Waals surface area contributed by atoms with Gasteiger partial charge in [0.05, 0.1) is 29.3 Å². The number of ketones is 4. The van der Waals surface area contributed by atoms with Gasteiger partial charge in [-0.3, -0.25) is 28.9 Å². The van der Waals surface area contributed by atoms with Crippen molar-refractivity contribution in [3.63, 3.8) is 0 Å². The Morgan fingerprint density at radius 1 is 1.16 bits per heavy atom. The minimum absolute atomic E-state index is 0.0149. The van der Waals surface area contributed by atoms with Crippen LogP contribution in [0.5, 0.6) is 5.75 Å². The Morgan fingerprint density at radius 3 is 2.39 bits per heavy atom. The van der Waals surface area contributed by atoms with Gasteiger partial charge in [0.15, 0.2) is 34.7 Å². The number of aromatic hydroxyl groups is 1. The molecular formula is C26H28N4O8. The van der Waals surface area contributed by atoms with Crippen molar-refractivity contribution >= 4 is 34.7 Å². The molecule has 1 aromatic heterocycles. The average Bonchev–Trinajstić information content (AvgIpc) is 3.35. The number of likely N-dealkylation sites (N-methyl/N-ethyl adjacent to an activating group) is 1. The van der Waals surface area contributed by atoms with E-state index < -0.39 is 70.1 Å². The van der Waals surface area contributed by atoms with Crippen molar-refractivity contribution in [2.45, 2.75) is 24.5 Å². The van der Waals surface area contributed by atoms with Crippen molar-refractivity contribution in [1.29, 1.82) is 0 Å². The Balaban J connectivity index is 1.69. The Morgan fingerprint density at radius 2 is 1.84 bits per heavy atom. The molecule has 1 heterocycles. The third-order valence-electron chi connectivity index (χ3n) is 8.18. The van der Waals surface area contributed by atoms with E-state index in [-0.39, 0.29) is 29.9 Å². The molecule has 0 saturated heterocycles. The molecule has 0 aliphatic heterocycles. The number of benzene rings is 1. The number of Topliss-reactive ketones (excluding diaryl/α,β-unsaturated/α-hetero) is 4. The first-order valence-corrected chi connectivity index (χ1v) is 12.1. The lowest BCUT2D eigenvalue weighted by molar-refractivity contribution is -0.181. The number of phenolic OH excluding ortho intramolecular Hbond substituents is 1. The van der Waals surface area contributed by atoms with Gasteiger partial charge >= 0.3 is 0 Å². The van der Waals surface area contributed by atoms with Gasteiger partial charge in [-0.15, -0.1) is 0 Å². The molecule has 38 heavy (non-hydrogen) atoms. The van der Waals surface area contributed by atoms with Crippen molar-refractivity contribution in [3.05, 3.63) is 29.7 Å². The van der Waals surface area contributed by atoms with Crippen LogP contribution in [0.4, 0.5) is 5.69 Å². The number of nitrogens with two attached hydrogens (primary N) is 1. The summed E-state index contributed by atoms with van der Waals surface area (Å²) in [6.07, 6.45) is 2.85. The maximum Gasteiger partial charge on any atom is 0.235 e. The number of aliphatic hydroxyl groups is 1. The van der Waals surface area contributed by atoms with E-state index in [9.17, 15) is 34.2 Å². The predicted octanol–water partition coefficient (Wildman–Crippen LogP) is -0.412. The smallest absolute Gasteiger partial charge is 0.235 e. The number of fused-ring (bicyclic) bond motifs is 3.